The van der Waals surface area contributed by atoms with Crippen molar-refractivity contribution in [3.63, 3.8) is 0 Å². The SMILES string of the molecule is CCC(CC)C(O)C(=O)c1occc1Br. The third kappa shape index (κ3) is 2.69. The molecule has 0 saturated carbocycles. The number of aliphatic hydroxyl groups excluding tert-OH is 1. The molecule has 4 heteroatoms. The zero-order valence-corrected chi connectivity index (χ0v) is 10.5. The number of hydrogen-bond donors (Lipinski definition) is 1. The van der Waals surface area contributed by atoms with Gasteiger partial charge in [-0.25, -0.2) is 0 Å². The fraction of sp³-hybridized carbons (Fsp3) is 0.545. The molecule has 0 fully saturated rings. The molecular formula is C11H15BrO3. The predicted molar refractivity (Wildman–Crippen MR) is 60.8 cm³/mol. The molecule has 0 amide bonds. The molecular weight excluding hydrogens is 260 g/mol. The maximum Gasteiger partial charge on any atom is 0.227 e. The van der Waals surface area contributed by atoms with E-state index in [-0.39, 0.29) is 17.5 Å². The molecule has 0 radical (unpaired) electrons. The Morgan fingerprint density at radius 1 is 1.53 bits per heavy atom. The summed E-state index contributed by atoms with van der Waals surface area (Å²) in [6, 6.07) is 1.65. The molecule has 0 bridgehead atoms. The molecule has 84 valence electrons. The lowest BCUT2D eigenvalue weighted by atomic mass is 9.93. The minimum atomic E-state index is -0.970. The second kappa shape index (κ2) is 5.47. The Kier molecular flexibility index (Phi) is 4.54. The molecule has 15 heavy (non-hydrogen) atoms. The Morgan fingerprint density at radius 3 is 2.53 bits per heavy atom. The molecule has 1 rings (SSSR count). The van der Waals surface area contributed by atoms with E-state index in [1.54, 1.807) is 6.07 Å². The number of Topliss-reactive ketones (excluding diaryl/α,β-unsaturated/α-hetero) is 1. The highest BCUT2D eigenvalue weighted by atomic mass is 79.9. The highest BCUT2D eigenvalue weighted by Crippen LogP contribution is 2.23. The summed E-state index contributed by atoms with van der Waals surface area (Å²) in [5.41, 5.74) is 0. The summed E-state index contributed by atoms with van der Waals surface area (Å²) in [6.45, 7) is 3.92. The van der Waals surface area contributed by atoms with E-state index in [0.717, 1.165) is 12.8 Å². The van der Waals surface area contributed by atoms with E-state index in [9.17, 15) is 9.90 Å². The van der Waals surface area contributed by atoms with Gasteiger partial charge in [0.2, 0.25) is 5.78 Å². The molecule has 1 unspecified atom stereocenters. The zero-order valence-electron chi connectivity index (χ0n) is 8.87. The Balaban J connectivity index is 2.81. The van der Waals surface area contributed by atoms with Crippen molar-refractivity contribution in [3.05, 3.63) is 22.6 Å². The molecule has 0 aliphatic carbocycles. The first-order chi connectivity index (χ1) is 7.11. The van der Waals surface area contributed by atoms with Crippen LogP contribution in [0.2, 0.25) is 0 Å². The molecule has 0 aromatic carbocycles. The summed E-state index contributed by atoms with van der Waals surface area (Å²) in [5, 5.41) is 9.84. The van der Waals surface area contributed by atoms with Crippen LogP contribution in [-0.4, -0.2) is 17.0 Å². The van der Waals surface area contributed by atoms with E-state index in [1.807, 2.05) is 13.8 Å². The van der Waals surface area contributed by atoms with Crippen LogP contribution in [0.25, 0.3) is 0 Å². The van der Waals surface area contributed by atoms with Gasteiger partial charge < -0.3 is 9.52 Å². The Labute approximate surface area is 97.6 Å². The highest BCUT2D eigenvalue weighted by Gasteiger charge is 2.27. The van der Waals surface area contributed by atoms with Crippen molar-refractivity contribution < 1.29 is 14.3 Å². The summed E-state index contributed by atoms with van der Waals surface area (Å²) in [4.78, 5) is 11.8. The van der Waals surface area contributed by atoms with Crippen molar-refractivity contribution in [1.82, 2.24) is 0 Å². The van der Waals surface area contributed by atoms with Crippen LogP contribution in [-0.2, 0) is 0 Å². The fourth-order valence-electron chi connectivity index (χ4n) is 1.55. The molecule has 0 aliphatic heterocycles. The molecule has 3 nitrogen and oxygen atoms in total. The lowest BCUT2D eigenvalue weighted by molar-refractivity contribution is 0.0558. The topological polar surface area (TPSA) is 50.4 Å². The van der Waals surface area contributed by atoms with Crippen LogP contribution in [0.5, 0.6) is 0 Å². The van der Waals surface area contributed by atoms with E-state index < -0.39 is 6.10 Å². The van der Waals surface area contributed by atoms with E-state index in [4.69, 9.17) is 4.42 Å². The van der Waals surface area contributed by atoms with E-state index in [1.165, 1.54) is 6.26 Å². The largest absolute Gasteiger partial charge is 0.460 e. The van der Waals surface area contributed by atoms with Gasteiger partial charge in [0.05, 0.1) is 10.7 Å². The zero-order chi connectivity index (χ0) is 11.4. The molecule has 0 saturated heterocycles. The Bertz CT molecular complexity index is 328. The number of carbonyl (C=O) groups is 1. The fourth-order valence-corrected chi connectivity index (χ4v) is 1.95. The summed E-state index contributed by atoms with van der Waals surface area (Å²) in [5.74, 6) is -0.149. The van der Waals surface area contributed by atoms with Gasteiger partial charge in [0.25, 0.3) is 0 Å². The number of carbonyl (C=O) groups excluding carboxylic acids is 1. The maximum absolute atomic E-state index is 11.8. The average molecular weight is 275 g/mol. The number of aliphatic hydroxyl groups is 1. The first-order valence-corrected chi connectivity index (χ1v) is 5.86. The van der Waals surface area contributed by atoms with E-state index in [2.05, 4.69) is 15.9 Å². The van der Waals surface area contributed by atoms with Crippen molar-refractivity contribution in [2.75, 3.05) is 0 Å². The smallest absolute Gasteiger partial charge is 0.227 e. The second-order valence-corrected chi connectivity index (χ2v) is 4.34. The number of hydrogen-bond acceptors (Lipinski definition) is 3. The van der Waals surface area contributed by atoms with Crippen molar-refractivity contribution in [1.29, 1.82) is 0 Å². The minimum absolute atomic E-state index is 0.00509. The second-order valence-electron chi connectivity index (χ2n) is 3.48. The predicted octanol–water partition coefficient (Wildman–Crippen LogP) is 3.02. The normalized spacial score (nSPS) is 13.1. The van der Waals surface area contributed by atoms with Crippen molar-refractivity contribution in [2.45, 2.75) is 32.8 Å². The van der Waals surface area contributed by atoms with Gasteiger partial charge in [0.1, 0.15) is 6.10 Å². The summed E-state index contributed by atoms with van der Waals surface area (Å²) in [6.07, 6.45) is 2.02. The van der Waals surface area contributed by atoms with Crippen molar-refractivity contribution in [2.24, 2.45) is 5.92 Å². The van der Waals surface area contributed by atoms with Crippen molar-refractivity contribution >= 4 is 21.7 Å². The summed E-state index contributed by atoms with van der Waals surface area (Å²) < 4.78 is 5.62. The third-order valence-corrected chi connectivity index (χ3v) is 3.23. The van der Waals surface area contributed by atoms with Crippen LogP contribution in [0.1, 0.15) is 37.2 Å². The van der Waals surface area contributed by atoms with Gasteiger partial charge in [-0.15, -0.1) is 0 Å². The van der Waals surface area contributed by atoms with Gasteiger partial charge in [-0.2, -0.15) is 0 Å². The number of rotatable bonds is 5. The first kappa shape index (κ1) is 12.5. The summed E-state index contributed by atoms with van der Waals surface area (Å²) >= 11 is 3.20. The Morgan fingerprint density at radius 2 is 2.13 bits per heavy atom. The molecule has 1 atom stereocenters. The van der Waals surface area contributed by atoms with Crippen LogP contribution in [0.15, 0.2) is 21.2 Å². The minimum Gasteiger partial charge on any atom is -0.460 e. The molecule has 0 aliphatic rings. The van der Waals surface area contributed by atoms with Crippen molar-refractivity contribution in [3.8, 4) is 0 Å². The number of halogens is 1. The molecule has 1 heterocycles. The van der Waals surface area contributed by atoms with Gasteiger partial charge in [-0.3, -0.25) is 4.79 Å². The van der Waals surface area contributed by atoms with Gasteiger partial charge >= 0.3 is 0 Å². The molecule has 1 N–H and O–H groups in total. The van der Waals surface area contributed by atoms with Crippen LogP contribution >= 0.6 is 15.9 Å². The summed E-state index contributed by atoms with van der Waals surface area (Å²) in [7, 11) is 0. The lowest BCUT2D eigenvalue weighted by Gasteiger charge is -2.17. The van der Waals surface area contributed by atoms with Crippen LogP contribution in [0, 0.1) is 5.92 Å². The van der Waals surface area contributed by atoms with E-state index >= 15 is 0 Å². The van der Waals surface area contributed by atoms with Gasteiger partial charge in [-0.05, 0) is 27.9 Å². The molecule has 0 spiro atoms. The first-order valence-electron chi connectivity index (χ1n) is 5.07. The monoisotopic (exact) mass is 274 g/mol. The lowest BCUT2D eigenvalue weighted by Crippen LogP contribution is -2.28. The quantitative estimate of drug-likeness (QED) is 0.840. The van der Waals surface area contributed by atoms with Crippen LogP contribution in [0.3, 0.4) is 0 Å². The number of ketones is 1. The van der Waals surface area contributed by atoms with Gasteiger partial charge in [0.15, 0.2) is 5.76 Å². The van der Waals surface area contributed by atoms with Crippen LogP contribution < -0.4 is 0 Å². The number of furan rings is 1. The van der Waals surface area contributed by atoms with Gasteiger partial charge in [0, 0.05) is 0 Å². The van der Waals surface area contributed by atoms with E-state index in [0.29, 0.717) is 4.47 Å². The third-order valence-electron chi connectivity index (χ3n) is 2.60. The highest BCUT2D eigenvalue weighted by molar-refractivity contribution is 9.10. The standard InChI is InChI=1S/C11H15BrO3/c1-3-7(4-2)9(13)10(14)11-8(12)5-6-15-11/h5-7,9,13H,3-4H2,1-2H3. The average Bonchev–Trinajstić information content (AvgIpc) is 2.65. The van der Waals surface area contributed by atoms with Crippen LogP contribution in [0.4, 0.5) is 0 Å². The van der Waals surface area contributed by atoms with Gasteiger partial charge in [-0.1, -0.05) is 26.7 Å². The molecule has 1 aromatic rings. The Hall–Kier alpha value is -0.610. The maximum atomic E-state index is 11.8. The molecule has 1 aromatic heterocycles.